The molecular formula is C22H30N2O2. The van der Waals surface area contributed by atoms with Crippen molar-refractivity contribution in [1.29, 1.82) is 0 Å². The van der Waals surface area contributed by atoms with E-state index in [0.29, 0.717) is 12.5 Å². The number of methoxy groups -OCH3 is 1. The van der Waals surface area contributed by atoms with Gasteiger partial charge in [0.15, 0.2) is 0 Å². The summed E-state index contributed by atoms with van der Waals surface area (Å²) in [6, 6.07) is 14.7. The van der Waals surface area contributed by atoms with E-state index in [-0.39, 0.29) is 5.97 Å². The maximum absolute atomic E-state index is 11.9. The molecule has 0 unspecified atom stereocenters. The number of hydrogen-bond donors (Lipinski definition) is 0. The molecule has 0 saturated heterocycles. The number of nitrogens with zero attached hydrogens (tertiary/aromatic N) is 2. The average Bonchev–Trinajstić information content (AvgIpc) is 3.10. The van der Waals surface area contributed by atoms with Gasteiger partial charge in [-0.2, -0.15) is 0 Å². The van der Waals surface area contributed by atoms with E-state index >= 15 is 0 Å². The topological polar surface area (TPSA) is 34.5 Å². The van der Waals surface area contributed by atoms with Gasteiger partial charge in [-0.3, -0.25) is 9.69 Å². The fraction of sp³-hybridized carbons (Fsp3) is 0.500. The second-order valence-corrected chi connectivity index (χ2v) is 7.36. The monoisotopic (exact) mass is 354 g/mol. The number of esters is 1. The largest absolute Gasteiger partial charge is 0.468 e. The summed E-state index contributed by atoms with van der Waals surface area (Å²) in [4.78, 5) is 14.2. The van der Waals surface area contributed by atoms with Crippen LogP contribution in [0.5, 0.6) is 0 Å². The highest BCUT2D eigenvalue weighted by Crippen LogP contribution is 2.25. The maximum atomic E-state index is 11.9. The van der Waals surface area contributed by atoms with Gasteiger partial charge in [-0.05, 0) is 36.5 Å². The summed E-state index contributed by atoms with van der Waals surface area (Å²) in [6.07, 6.45) is 8.68. The van der Waals surface area contributed by atoms with Crippen LogP contribution in [0.1, 0.15) is 43.4 Å². The molecule has 3 rings (SSSR count). The zero-order valence-electron chi connectivity index (χ0n) is 15.8. The third-order valence-corrected chi connectivity index (χ3v) is 5.33. The summed E-state index contributed by atoms with van der Waals surface area (Å²) < 4.78 is 7.21. The Kier molecular flexibility index (Phi) is 6.89. The van der Waals surface area contributed by atoms with E-state index in [4.69, 9.17) is 4.74 Å². The van der Waals surface area contributed by atoms with Crippen LogP contribution in [0.2, 0.25) is 0 Å². The molecule has 0 radical (unpaired) electrons. The van der Waals surface area contributed by atoms with Gasteiger partial charge in [-0.1, -0.05) is 49.6 Å². The standard InChI is InChI=1S/C22H30N2O2/c1-26-22(25)18-23(15-19-9-4-2-5-10-19)17-21-13-8-14-24(21)16-20-11-6-3-7-12-20/h3,6-8,11-14,19H,2,4-5,9-10,15-18H2,1H3. The van der Waals surface area contributed by atoms with Crippen LogP contribution >= 0.6 is 0 Å². The number of aromatic nitrogens is 1. The van der Waals surface area contributed by atoms with Gasteiger partial charge in [0.05, 0.1) is 13.7 Å². The fourth-order valence-electron chi connectivity index (χ4n) is 3.92. The van der Waals surface area contributed by atoms with Crippen molar-refractivity contribution in [2.75, 3.05) is 20.2 Å². The van der Waals surface area contributed by atoms with Crippen LogP contribution < -0.4 is 0 Å². The smallest absolute Gasteiger partial charge is 0.319 e. The quantitative estimate of drug-likeness (QED) is 0.670. The molecule has 0 atom stereocenters. The van der Waals surface area contributed by atoms with Crippen LogP contribution in [0.3, 0.4) is 0 Å². The first-order chi connectivity index (χ1) is 12.7. The molecule has 0 aliphatic heterocycles. The van der Waals surface area contributed by atoms with Gasteiger partial charge in [0, 0.05) is 31.5 Å². The van der Waals surface area contributed by atoms with Gasteiger partial charge in [-0.15, -0.1) is 0 Å². The summed E-state index contributed by atoms with van der Waals surface area (Å²) in [5.74, 6) is 0.549. The normalized spacial score (nSPS) is 15.3. The van der Waals surface area contributed by atoms with Crippen LogP contribution in [-0.2, 0) is 22.6 Å². The first-order valence-corrected chi connectivity index (χ1v) is 9.71. The van der Waals surface area contributed by atoms with E-state index < -0.39 is 0 Å². The van der Waals surface area contributed by atoms with Crippen LogP contribution in [0.4, 0.5) is 0 Å². The molecule has 2 aromatic rings. The molecule has 0 N–H and O–H groups in total. The fourth-order valence-corrected chi connectivity index (χ4v) is 3.92. The second kappa shape index (κ2) is 9.58. The Morgan fingerprint density at radius 2 is 1.88 bits per heavy atom. The maximum Gasteiger partial charge on any atom is 0.319 e. The zero-order valence-corrected chi connectivity index (χ0v) is 15.8. The second-order valence-electron chi connectivity index (χ2n) is 7.36. The predicted octanol–water partition coefficient (Wildman–Crippen LogP) is 4.09. The number of benzene rings is 1. The molecule has 1 heterocycles. The minimum absolute atomic E-state index is 0.151. The van der Waals surface area contributed by atoms with Crippen molar-refractivity contribution in [3.63, 3.8) is 0 Å². The lowest BCUT2D eigenvalue weighted by atomic mass is 9.89. The molecule has 0 bridgehead atoms. The van der Waals surface area contributed by atoms with Crippen molar-refractivity contribution < 1.29 is 9.53 Å². The number of rotatable bonds is 8. The van der Waals surface area contributed by atoms with Crippen molar-refractivity contribution in [3.8, 4) is 0 Å². The summed E-state index contributed by atoms with van der Waals surface area (Å²) in [5.41, 5.74) is 2.53. The number of hydrogen-bond acceptors (Lipinski definition) is 3. The molecule has 4 heteroatoms. The predicted molar refractivity (Wildman–Crippen MR) is 104 cm³/mol. The first-order valence-electron chi connectivity index (χ1n) is 9.71. The average molecular weight is 354 g/mol. The summed E-state index contributed by atoms with van der Waals surface area (Å²) in [6.45, 7) is 2.99. The highest BCUT2D eigenvalue weighted by atomic mass is 16.5. The Balaban J connectivity index is 1.67. The summed E-state index contributed by atoms with van der Waals surface area (Å²) in [7, 11) is 1.47. The lowest BCUT2D eigenvalue weighted by Gasteiger charge is -2.29. The van der Waals surface area contributed by atoms with E-state index in [1.165, 1.54) is 50.5 Å². The van der Waals surface area contributed by atoms with Gasteiger partial charge >= 0.3 is 5.97 Å². The van der Waals surface area contributed by atoms with Gasteiger partial charge in [0.25, 0.3) is 0 Å². The number of carbonyl (C=O) groups excluding carboxylic acids is 1. The van der Waals surface area contributed by atoms with Crippen molar-refractivity contribution in [1.82, 2.24) is 9.47 Å². The summed E-state index contributed by atoms with van der Waals surface area (Å²) >= 11 is 0. The van der Waals surface area contributed by atoms with Gasteiger partial charge < -0.3 is 9.30 Å². The first kappa shape index (κ1) is 18.7. The summed E-state index contributed by atoms with van der Waals surface area (Å²) in [5, 5.41) is 0. The molecule has 4 nitrogen and oxygen atoms in total. The highest BCUT2D eigenvalue weighted by Gasteiger charge is 2.20. The van der Waals surface area contributed by atoms with Crippen molar-refractivity contribution in [2.24, 2.45) is 5.92 Å². The molecule has 0 spiro atoms. The van der Waals surface area contributed by atoms with Gasteiger partial charge in [0.2, 0.25) is 0 Å². The number of carbonyl (C=O) groups is 1. The molecule has 0 amide bonds. The molecule has 26 heavy (non-hydrogen) atoms. The Bertz CT molecular complexity index is 674. The van der Waals surface area contributed by atoms with Crippen molar-refractivity contribution in [2.45, 2.75) is 45.2 Å². The molecule has 1 aliphatic rings. The van der Waals surface area contributed by atoms with Gasteiger partial charge in [0.1, 0.15) is 0 Å². The van der Waals surface area contributed by atoms with E-state index in [2.05, 4.69) is 52.1 Å². The van der Waals surface area contributed by atoms with Crippen LogP contribution in [0, 0.1) is 5.92 Å². The minimum atomic E-state index is -0.151. The molecule has 1 saturated carbocycles. The van der Waals surface area contributed by atoms with Crippen LogP contribution in [0.25, 0.3) is 0 Å². The zero-order chi connectivity index (χ0) is 18.2. The van der Waals surface area contributed by atoms with Crippen molar-refractivity contribution >= 4 is 5.97 Å². The Morgan fingerprint density at radius 1 is 1.12 bits per heavy atom. The number of ether oxygens (including phenoxy) is 1. The molecule has 1 fully saturated rings. The molecule has 1 aromatic carbocycles. The van der Waals surface area contributed by atoms with E-state index in [9.17, 15) is 4.79 Å². The SMILES string of the molecule is COC(=O)CN(Cc1cccn1Cc1ccccc1)CC1CCCCC1. The Morgan fingerprint density at radius 3 is 2.62 bits per heavy atom. The van der Waals surface area contributed by atoms with E-state index in [1.807, 2.05) is 6.07 Å². The Labute approximate surface area is 156 Å². The molecular weight excluding hydrogens is 324 g/mol. The lowest BCUT2D eigenvalue weighted by molar-refractivity contribution is -0.142. The third kappa shape index (κ3) is 5.46. The molecule has 1 aliphatic carbocycles. The van der Waals surface area contributed by atoms with E-state index in [1.54, 1.807) is 0 Å². The van der Waals surface area contributed by atoms with Crippen molar-refractivity contribution in [3.05, 3.63) is 59.9 Å². The highest BCUT2D eigenvalue weighted by molar-refractivity contribution is 5.71. The third-order valence-electron chi connectivity index (χ3n) is 5.33. The lowest BCUT2D eigenvalue weighted by Crippen LogP contribution is -2.35. The molecule has 1 aromatic heterocycles. The Hall–Kier alpha value is -2.07. The van der Waals surface area contributed by atoms with E-state index in [0.717, 1.165) is 19.6 Å². The molecule has 140 valence electrons. The van der Waals surface area contributed by atoms with Crippen LogP contribution in [-0.4, -0.2) is 35.6 Å². The van der Waals surface area contributed by atoms with Crippen LogP contribution in [0.15, 0.2) is 48.7 Å². The van der Waals surface area contributed by atoms with Gasteiger partial charge in [-0.25, -0.2) is 0 Å². The minimum Gasteiger partial charge on any atom is -0.468 e.